The van der Waals surface area contributed by atoms with Gasteiger partial charge in [-0.05, 0) is 61.9 Å². The third-order valence-corrected chi connectivity index (χ3v) is 6.55. The van der Waals surface area contributed by atoms with Crippen LogP contribution in [-0.2, 0) is 10.2 Å². The summed E-state index contributed by atoms with van der Waals surface area (Å²) in [7, 11) is 0. The number of rotatable bonds is 6. The van der Waals surface area contributed by atoms with Gasteiger partial charge in [-0.2, -0.15) is 10.1 Å². The monoisotopic (exact) mass is 448 g/mol. The van der Waals surface area contributed by atoms with Crippen LogP contribution in [0.1, 0.15) is 60.8 Å². The normalized spacial score (nSPS) is 21.8. The third kappa shape index (κ3) is 3.31. The molecule has 1 N–H and O–H groups in total. The minimum atomic E-state index is -2.76. The van der Waals surface area contributed by atoms with Crippen molar-refractivity contribution in [2.45, 2.75) is 50.5 Å². The Morgan fingerprint density at radius 2 is 2.06 bits per heavy atom. The molecule has 7 nitrogen and oxygen atoms in total. The van der Waals surface area contributed by atoms with E-state index >= 15 is 0 Å². The molecule has 10 heteroatoms. The molecule has 2 saturated carbocycles. The number of hydrogen-bond acceptors (Lipinski definition) is 5. The van der Waals surface area contributed by atoms with E-state index in [1.54, 1.807) is 0 Å². The molecule has 1 aromatic carbocycles. The Hall–Kier alpha value is -2.81. The summed E-state index contributed by atoms with van der Waals surface area (Å²) in [5, 5.41) is 17.9. The smallest absolute Gasteiger partial charge is 0.306 e. The average Bonchev–Trinajstić information content (AvgIpc) is 3.10. The van der Waals surface area contributed by atoms with Crippen molar-refractivity contribution in [3.63, 3.8) is 0 Å². The highest BCUT2D eigenvalue weighted by molar-refractivity contribution is 6.30. The number of nitrogens with zero attached hydrogens (tertiary/aromatic N) is 4. The second kappa shape index (κ2) is 7.12. The van der Waals surface area contributed by atoms with Gasteiger partial charge in [0.25, 0.3) is 12.3 Å². The lowest BCUT2D eigenvalue weighted by atomic mass is 9.80. The van der Waals surface area contributed by atoms with Crippen LogP contribution in [0.2, 0.25) is 5.02 Å². The van der Waals surface area contributed by atoms with Crippen LogP contribution in [0.15, 0.2) is 28.8 Å². The van der Waals surface area contributed by atoms with Gasteiger partial charge in [0.2, 0.25) is 0 Å². The van der Waals surface area contributed by atoms with Gasteiger partial charge in [0.05, 0.1) is 17.4 Å². The summed E-state index contributed by atoms with van der Waals surface area (Å²) in [4.78, 5) is 15.7. The summed E-state index contributed by atoms with van der Waals surface area (Å²) in [6.45, 7) is 1.97. The largest absolute Gasteiger partial charge is 0.481 e. The average molecular weight is 449 g/mol. The molecule has 2 fully saturated rings. The van der Waals surface area contributed by atoms with E-state index < -0.39 is 24.0 Å². The van der Waals surface area contributed by atoms with Crippen LogP contribution in [0.25, 0.3) is 11.6 Å². The maximum Gasteiger partial charge on any atom is 0.306 e. The Kier molecular flexibility index (Phi) is 4.62. The Labute approximate surface area is 181 Å². The minimum Gasteiger partial charge on any atom is -0.481 e. The fourth-order valence-corrected chi connectivity index (χ4v) is 4.60. The first-order valence-corrected chi connectivity index (χ1v) is 10.4. The topological polar surface area (TPSA) is 94.0 Å². The number of carboxylic acids is 1. The zero-order valence-corrected chi connectivity index (χ0v) is 17.3. The van der Waals surface area contributed by atoms with Crippen molar-refractivity contribution in [2.75, 3.05) is 0 Å². The first-order chi connectivity index (χ1) is 14.8. The maximum atomic E-state index is 13.3. The number of aliphatic carboxylic acids is 1. The predicted octanol–water partition coefficient (Wildman–Crippen LogP) is 4.95. The van der Waals surface area contributed by atoms with Gasteiger partial charge in [0, 0.05) is 5.02 Å². The van der Waals surface area contributed by atoms with E-state index in [0.717, 1.165) is 24.0 Å². The molecule has 0 spiro atoms. The lowest BCUT2D eigenvalue weighted by Gasteiger charge is -2.33. The molecule has 31 heavy (non-hydrogen) atoms. The van der Waals surface area contributed by atoms with Gasteiger partial charge in [0.1, 0.15) is 11.4 Å². The van der Waals surface area contributed by atoms with Crippen molar-refractivity contribution in [1.29, 1.82) is 0 Å². The van der Waals surface area contributed by atoms with Gasteiger partial charge in [-0.1, -0.05) is 22.8 Å². The molecule has 0 unspecified atom stereocenters. The highest BCUT2D eigenvalue weighted by Crippen LogP contribution is 2.54. The lowest BCUT2D eigenvalue weighted by molar-refractivity contribution is -0.146. The molecule has 2 aliphatic rings. The fraction of sp³-hybridized carbons (Fsp3) is 0.429. The molecule has 3 aromatic rings. The number of alkyl halides is 2. The number of benzene rings is 1. The van der Waals surface area contributed by atoms with Crippen LogP contribution < -0.4 is 0 Å². The molecule has 0 aliphatic heterocycles. The number of hydrogen-bond donors (Lipinski definition) is 1. The van der Waals surface area contributed by atoms with Gasteiger partial charge < -0.3 is 9.63 Å². The summed E-state index contributed by atoms with van der Waals surface area (Å²) < 4.78 is 33.5. The van der Waals surface area contributed by atoms with Crippen molar-refractivity contribution in [2.24, 2.45) is 5.92 Å². The molecule has 2 heterocycles. The Bertz CT molecular complexity index is 1170. The zero-order valence-electron chi connectivity index (χ0n) is 16.6. The molecule has 2 aromatic heterocycles. The van der Waals surface area contributed by atoms with Crippen molar-refractivity contribution < 1.29 is 23.2 Å². The van der Waals surface area contributed by atoms with E-state index in [1.165, 1.54) is 10.7 Å². The Balaban J connectivity index is 1.49. The van der Waals surface area contributed by atoms with Gasteiger partial charge >= 0.3 is 5.97 Å². The van der Waals surface area contributed by atoms with Gasteiger partial charge in [-0.25, -0.2) is 8.78 Å². The molecule has 0 atom stereocenters. The number of halogens is 3. The molecule has 0 amide bonds. The molecule has 0 saturated heterocycles. The number of aryl methyl sites for hydroxylation is 1. The van der Waals surface area contributed by atoms with Crippen molar-refractivity contribution in [3.05, 3.63) is 51.9 Å². The van der Waals surface area contributed by atoms with E-state index in [9.17, 15) is 13.6 Å². The first-order valence-electron chi connectivity index (χ1n) is 10.00. The summed E-state index contributed by atoms with van der Waals surface area (Å²) in [5.41, 5.74) is 1.59. The third-order valence-electron chi connectivity index (χ3n) is 6.31. The molecule has 0 bridgehead atoms. The Morgan fingerprint density at radius 1 is 1.32 bits per heavy atom. The lowest BCUT2D eigenvalue weighted by Crippen LogP contribution is -2.33. The highest BCUT2D eigenvalue weighted by Gasteiger charge is 2.51. The second-order valence-electron chi connectivity index (χ2n) is 8.32. The van der Waals surface area contributed by atoms with Crippen molar-refractivity contribution >= 4 is 17.6 Å². The summed E-state index contributed by atoms with van der Waals surface area (Å²) in [5.74, 6) is -0.798. The van der Waals surface area contributed by atoms with Gasteiger partial charge in [-0.15, -0.1) is 0 Å². The van der Waals surface area contributed by atoms with E-state index in [2.05, 4.69) is 15.2 Å². The quantitative estimate of drug-likeness (QED) is 0.573. The molecular weight excluding hydrogens is 430 g/mol. The van der Waals surface area contributed by atoms with E-state index in [1.807, 2.05) is 25.1 Å². The second-order valence-corrected chi connectivity index (χ2v) is 8.76. The zero-order chi connectivity index (χ0) is 21.9. The molecular formula is C21H19ClF2N4O3. The molecule has 5 rings (SSSR count). The highest BCUT2D eigenvalue weighted by atomic mass is 35.5. The van der Waals surface area contributed by atoms with E-state index in [4.69, 9.17) is 21.2 Å². The predicted molar refractivity (Wildman–Crippen MR) is 106 cm³/mol. The number of carboxylic acid groups (broad SMARTS) is 1. The summed E-state index contributed by atoms with van der Waals surface area (Å²) >= 11 is 6.08. The van der Waals surface area contributed by atoms with Crippen LogP contribution in [-0.4, -0.2) is 31.0 Å². The van der Waals surface area contributed by atoms with Crippen molar-refractivity contribution in [1.82, 2.24) is 19.9 Å². The Morgan fingerprint density at radius 3 is 2.68 bits per heavy atom. The molecule has 0 radical (unpaired) electrons. The summed E-state index contributed by atoms with van der Waals surface area (Å²) in [6, 6.07) is 6.61. The van der Waals surface area contributed by atoms with E-state index in [-0.39, 0.29) is 23.0 Å². The summed E-state index contributed by atoms with van der Waals surface area (Å²) in [6.07, 6.45) is -0.426. The van der Waals surface area contributed by atoms with Crippen LogP contribution in [0.4, 0.5) is 8.78 Å². The minimum absolute atomic E-state index is 0.103. The van der Waals surface area contributed by atoms with Gasteiger partial charge in [0.15, 0.2) is 5.82 Å². The standard InChI is InChI=1S/C21H19ClF2N4O3/c1-10-6-12(22)2-3-14(10)21(4-5-21)20-25-18(31-27-20)16-9-15(17(23)24)26-28(16)13-7-11(8-13)19(29)30/h2-3,6,9,11,13,17H,4-5,7-8H2,1H3,(H,29,30). The van der Waals surface area contributed by atoms with E-state index in [0.29, 0.717) is 23.7 Å². The first kappa shape index (κ1) is 20.1. The maximum absolute atomic E-state index is 13.3. The van der Waals surface area contributed by atoms with Crippen LogP contribution >= 0.6 is 11.6 Å². The molecule has 162 valence electrons. The van der Waals surface area contributed by atoms with Crippen LogP contribution in [0.5, 0.6) is 0 Å². The number of carbonyl (C=O) groups is 1. The SMILES string of the molecule is Cc1cc(Cl)ccc1C1(c2noc(-c3cc(C(F)F)nn3C3CC(C(=O)O)C3)n2)CC1. The van der Waals surface area contributed by atoms with Crippen molar-refractivity contribution in [3.8, 4) is 11.6 Å². The van der Waals surface area contributed by atoms with Crippen LogP contribution in [0.3, 0.4) is 0 Å². The fourth-order valence-electron chi connectivity index (χ4n) is 4.37. The van der Waals surface area contributed by atoms with Crippen LogP contribution in [0, 0.1) is 12.8 Å². The molecule has 2 aliphatic carbocycles. The van der Waals surface area contributed by atoms with Gasteiger partial charge in [-0.3, -0.25) is 9.48 Å². The number of aromatic nitrogens is 4.